The molecular formula is C10H20N2S. The zero-order valence-electron chi connectivity index (χ0n) is 8.41. The monoisotopic (exact) mass is 200 g/mol. The number of hydrogen-bond acceptors (Lipinski definition) is 3. The summed E-state index contributed by atoms with van der Waals surface area (Å²) in [6.45, 7) is 1.22. The van der Waals surface area contributed by atoms with Gasteiger partial charge in [-0.15, -0.1) is 0 Å². The lowest BCUT2D eigenvalue weighted by Crippen LogP contribution is -2.55. The quantitative estimate of drug-likeness (QED) is 0.725. The predicted octanol–water partition coefficient (Wildman–Crippen LogP) is 1.16. The highest BCUT2D eigenvalue weighted by Gasteiger charge is 2.33. The largest absolute Gasteiger partial charge is 0.326 e. The minimum Gasteiger partial charge on any atom is -0.326 e. The molecule has 2 unspecified atom stereocenters. The van der Waals surface area contributed by atoms with Crippen LogP contribution in [0.15, 0.2) is 0 Å². The number of nitrogens with zero attached hydrogens (tertiary/aromatic N) is 1. The van der Waals surface area contributed by atoms with Crippen LogP contribution in [0.25, 0.3) is 0 Å². The summed E-state index contributed by atoms with van der Waals surface area (Å²) in [5.41, 5.74) is 6.29. The molecule has 2 atom stereocenters. The van der Waals surface area contributed by atoms with Gasteiger partial charge in [0.25, 0.3) is 0 Å². The van der Waals surface area contributed by atoms with Gasteiger partial charge in [0.15, 0.2) is 0 Å². The Bertz CT molecular complexity index is 170. The van der Waals surface area contributed by atoms with Gasteiger partial charge in [-0.2, -0.15) is 11.8 Å². The Labute approximate surface area is 85.2 Å². The fourth-order valence-corrected chi connectivity index (χ4v) is 3.55. The zero-order valence-corrected chi connectivity index (χ0v) is 9.22. The molecule has 2 nitrogen and oxygen atoms in total. The molecule has 2 fully saturated rings. The molecule has 2 aliphatic rings. The molecule has 13 heavy (non-hydrogen) atoms. The molecule has 0 amide bonds. The minimum absolute atomic E-state index is 0.437. The fraction of sp³-hybridized carbons (Fsp3) is 1.00. The molecule has 0 bridgehead atoms. The van der Waals surface area contributed by atoms with Crippen LogP contribution in [0.5, 0.6) is 0 Å². The van der Waals surface area contributed by atoms with E-state index < -0.39 is 0 Å². The number of rotatable bonds is 2. The number of hydrogen-bond donors (Lipinski definition) is 1. The topological polar surface area (TPSA) is 29.3 Å². The van der Waals surface area contributed by atoms with Crippen molar-refractivity contribution >= 4 is 11.8 Å². The maximum absolute atomic E-state index is 6.29. The highest BCUT2D eigenvalue weighted by Crippen LogP contribution is 2.32. The van der Waals surface area contributed by atoms with Crippen molar-refractivity contribution in [3.05, 3.63) is 0 Å². The molecule has 1 heterocycles. The van der Waals surface area contributed by atoms with Crippen LogP contribution in [-0.2, 0) is 0 Å². The van der Waals surface area contributed by atoms with Gasteiger partial charge >= 0.3 is 0 Å². The van der Waals surface area contributed by atoms with E-state index in [0.29, 0.717) is 12.1 Å². The van der Waals surface area contributed by atoms with Crippen LogP contribution in [0.4, 0.5) is 0 Å². The molecule has 1 aliphatic carbocycles. The molecule has 1 aliphatic heterocycles. The summed E-state index contributed by atoms with van der Waals surface area (Å²) in [6.07, 6.45) is 4.15. The van der Waals surface area contributed by atoms with Crippen LogP contribution < -0.4 is 5.73 Å². The van der Waals surface area contributed by atoms with E-state index >= 15 is 0 Å². The Hall–Kier alpha value is 0.270. The Morgan fingerprint density at radius 2 is 2.23 bits per heavy atom. The van der Waals surface area contributed by atoms with Gasteiger partial charge in [-0.05, 0) is 25.8 Å². The molecule has 1 saturated heterocycles. The predicted molar refractivity (Wildman–Crippen MR) is 59.1 cm³/mol. The third-order valence-electron chi connectivity index (χ3n) is 3.58. The van der Waals surface area contributed by atoms with E-state index in [1.54, 1.807) is 0 Å². The van der Waals surface area contributed by atoms with E-state index in [1.807, 2.05) is 0 Å². The minimum atomic E-state index is 0.437. The standard InChI is InChI=1S/C10H20N2S/c1-12-5-6-13-7-9(12)10(11)8-3-2-4-8/h8-10H,2-7,11H2,1H3. The first-order valence-electron chi connectivity index (χ1n) is 5.32. The second-order valence-corrected chi connectivity index (χ2v) is 5.54. The molecule has 0 aromatic carbocycles. The van der Waals surface area contributed by atoms with Crippen LogP contribution in [0.2, 0.25) is 0 Å². The first-order valence-corrected chi connectivity index (χ1v) is 6.48. The number of thioether (sulfide) groups is 1. The van der Waals surface area contributed by atoms with Gasteiger partial charge in [0.05, 0.1) is 0 Å². The fourth-order valence-electron chi connectivity index (χ4n) is 2.25. The van der Waals surface area contributed by atoms with Crippen LogP contribution in [0, 0.1) is 5.92 Å². The Morgan fingerprint density at radius 1 is 1.46 bits per heavy atom. The second-order valence-electron chi connectivity index (χ2n) is 4.39. The summed E-state index contributed by atoms with van der Waals surface area (Å²) in [7, 11) is 2.23. The zero-order chi connectivity index (χ0) is 9.26. The van der Waals surface area contributed by atoms with Gasteiger partial charge in [0, 0.05) is 30.1 Å². The molecule has 0 aromatic rings. The molecule has 0 spiro atoms. The van der Waals surface area contributed by atoms with Crippen molar-refractivity contribution < 1.29 is 0 Å². The summed E-state index contributed by atoms with van der Waals surface area (Å²) in [4.78, 5) is 2.46. The van der Waals surface area contributed by atoms with Crippen LogP contribution in [-0.4, -0.2) is 42.1 Å². The van der Waals surface area contributed by atoms with E-state index in [0.717, 1.165) is 5.92 Å². The lowest BCUT2D eigenvalue weighted by molar-refractivity contribution is 0.156. The van der Waals surface area contributed by atoms with Crippen molar-refractivity contribution in [2.24, 2.45) is 11.7 Å². The van der Waals surface area contributed by atoms with Crippen LogP contribution in [0.1, 0.15) is 19.3 Å². The van der Waals surface area contributed by atoms with Gasteiger partial charge in [-0.3, -0.25) is 0 Å². The summed E-state index contributed by atoms with van der Waals surface area (Å²) < 4.78 is 0. The SMILES string of the molecule is CN1CCSCC1C(N)C1CCC1. The summed E-state index contributed by atoms with van der Waals surface area (Å²) in [6, 6.07) is 1.08. The molecule has 1 saturated carbocycles. The maximum atomic E-state index is 6.29. The van der Waals surface area contributed by atoms with Gasteiger partial charge < -0.3 is 10.6 Å². The highest BCUT2D eigenvalue weighted by atomic mass is 32.2. The maximum Gasteiger partial charge on any atom is 0.0337 e. The average molecular weight is 200 g/mol. The van der Waals surface area contributed by atoms with Gasteiger partial charge in [0.2, 0.25) is 0 Å². The first kappa shape index (κ1) is 9.81. The van der Waals surface area contributed by atoms with Crippen molar-refractivity contribution in [1.82, 2.24) is 4.90 Å². The van der Waals surface area contributed by atoms with Crippen molar-refractivity contribution in [3.8, 4) is 0 Å². The van der Waals surface area contributed by atoms with Crippen molar-refractivity contribution in [2.45, 2.75) is 31.3 Å². The number of nitrogens with two attached hydrogens (primary N) is 1. The van der Waals surface area contributed by atoms with E-state index in [1.165, 1.54) is 37.3 Å². The third kappa shape index (κ3) is 2.03. The van der Waals surface area contributed by atoms with E-state index in [4.69, 9.17) is 5.73 Å². The van der Waals surface area contributed by atoms with Crippen molar-refractivity contribution in [2.75, 3.05) is 25.1 Å². The molecule has 2 rings (SSSR count). The van der Waals surface area contributed by atoms with Crippen molar-refractivity contribution in [1.29, 1.82) is 0 Å². The lowest BCUT2D eigenvalue weighted by atomic mass is 9.77. The molecule has 2 N–H and O–H groups in total. The van der Waals surface area contributed by atoms with E-state index in [9.17, 15) is 0 Å². The summed E-state index contributed by atoms with van der Waals surface area (Å²) in [5, 5.41) is 0. The average Bonchev–Trinajstić information content (AvgIpc) is 2.01. The molecule has 0 aromatic heterocycles. The third-order valence-corrected chi connectivity index (χ3v) is 4.63. The van der Waals surface area contributed by atoms with Crippen LogP contribution in [0.3, 0.4) is 0 Å². The van der Waals surface area contributed by atoms with Crippen LogP contribution >= 0.6 is 11.8 Å². The van der Waals surface area contributed by atoms with E-state index in [2.05, 4.69) is 23.7 Å². The normalized spacial score (nSPS) is 34.2. The Kier molecular flexibility index (Phi) is 3.17. The smallest absolute Gasteiger partial charge is 0.0337 e. The van der Waals surface area contributed by atoms with Crippen molar-refractivity contribution in [3.63, 3.8) is 0 Å². The molecule has 76 valence electrons. The second kappa shape index (κ2) is 4.20. The first-order chi connectivity index (χ1) is 6.29. The molecule has 3 heteroatoms. The Balaban J connectivity index is 1.88. The summed E-state index contributed by atoms with van der Waals surface area (Å²) in [5.74, 6) is 3.35. The van der Waals surface area contributed by atoms with Gasteiger partial charge in [0.1, 0.15) is 0 Å². The Morgan fingerprint density at radius 3 is 2.77 bits per heavy atom. The summed E-state index contributed by atoms with van der Waals surface area (Å²) >= 11 is 2.07. The van der Waals surface area contributed by atoms with Gasteiger partial charge in [-0.1, -0.05) is 6.42 Å². The van der Waals surface area contributed by atoms with E-state index in [-0.39, 0.29) is 0 Å². The lowest BCUT2D eigenvalue weighted by Gasteiger charge is -2.42. The molecule has 0 radical (unpaired) electrons. The number of likely N-dealkylation sites (N-methyl/N-ethyl adjacent to an activating group) is 1. The van der Waals surface area contributed by atoms with Gasteiger partial charge in [-0.25, -0.2) is 0 Å². The highest BCUT2D eigenvalue weighted by molar-refractivity contribution is 7.99. The molecular weight excluding hydrogens is 180 g/mol.